The Kier molecular flexibility index (Phi) is 52.1. The topological polar surface area (TPSA) is 694 Å². The van der Waals surface area contributed by atoms with E-state index in [2.05, 4.69) is 103 Å². The highest BCUT2D eigenvalue weighted by molar-refractivity contribution is 7.98. The molecular weight excluding hydrogens is 1730 g/mol. The lowest BCUT2D eigenvalue weighted by Crippen LogP contribution is -2.64. The number of thiol groups is 1. The van der Waals surface area contributed by atoms with Crippen LogP contribution in [0.2, 0.25) is 0 Å². The summed E-state index contributed by atoms with van der Waals surface area (Å²) in [6.45, 7) is 20.4. The Morgan fingerprint density at radius 1 is 0.377 bits per heavy atom. The highest BCUT2D eigenvalue weighted by Crippen LogP contribution is 2.18. The SMILES string of the molecule is CC[C@H](C)[C@H](NC(=O)[C@H](C)NC(=O)[C@H](Cc1ccccc1)NC(=O)[C@H](CCCN=C(N)N)NC(=O)[C@H](CC(C)C)NC(=O)[C@@H](N)CCSC)C(=O)N[C@H](C(=O)N[C@@H](CC(C)C)C(=O)N[C@@H](Cc1ccccc1)C(=O)N[C@@H](C)C(=O)N[C@H](C(=O)N[C@H](C(=O)N[C@H](C(=O)N[C@@H](CO)C(=O)N[C@@H](CO)C(=O)N[C@H](C(=O)N[C@@H](CS)C(=O)O)[C@@H](C)O)[C@@H](C)O)[C@@H](C)CC)C(C)C)[C@@H](C)O. The van der Waals surface area contributed by atoms with Crippen LogP contribution in [0.3, 0.4) is 0 Å². The van der Waals surface area contributed by atoms with Crippen LogP contribution in [0.25, 0.3) is 0 Å². The van der Waals surface area contributed by atoms with Crippen molar-refractivity contribution in [2.45, 2.75) is 283 Å². The summed E-state index contributed by atoms with van der Waals surface area (Å²) in [5, 5.41) is 102. The lowest BCUT2D eigenvalue weighted by Gasteiger charge is -2.31. The van der Waals surface area contributed by atoms with E-state index in [9.17, 15) is 112 Å². The molecule has 0 spiro atoms. The number of thioether (sulfide) groups is 1. The summed E-state index contributed by atoms with van der Waals surface area (Å²) < 4.78 is 0. The van der Waals surface area contributed by atoms with E-state index in [1.807, 2.05) is 20.1 Å². The third-order valence-corrected chi connectivity index (χ3v) is 22.0. The number of aliphatic hydroxyl groups is 5. The number of carboxylic acids is 1. The highest BCUT2D eigenvalue weighted by atomic mass is 32.2. The van der Waals surface area contributed by atoms with Crippen LogP contribution in [-0.2, 0) is 94.3 Å². The summed E-state index contributed by atoms with van der Waals surface area (Å²) in [7, 11) is 0. The fourth-order valence-electron chi connectivity index (χ4n) is 12.9. The maximum absolute atomic E-state index is 14.7. The van der Waals surface area contributed by atoms with Crippen LogP contribution in [0.1, 0.15) is 160 Å². The van der Waals surface area contributed by atoms with E-state index in [4.69, 9.17) is 17.2 Å². The summed E-state index contributed by atoms with van der Waals surface area (Å²) >= 11 is 5.35. The predicted octanol–water partition coefficient (Wildman–Crippen LogP) is -5.62. The molecule has 45 heteroatoms. The van der Waals surface area contributed by atoms with E-state index in [-0.39, 0.29) is 81.5 Å². The van der Waals surface area contributed by atoms with Crippen LogP contribution in [0.4, 0.5) is 0 Å². The Bertz CT molecular complexity index is 4080. The monoisotopic (exact) mass is 1870 g/mol. The number of aliphatic carboxylic acids is 1. The Morgan fingerprint density at radius 2 is 0.677 bits per heavy atom. The van der Waals surface area contributed by atoms with Crippen molar-refractivity contribution in [3.8, 4) is 0 Å². The molecule has 0 aromatic heterocycles. The average Bonchev–Trinajstić information content (AvgIpc) is 0.858. The third kappa shape index (κ3) is 40.3. The van der Waals surface area contributed by atoms with Crippen LogP contribution in [0.5, 0.6) is 0 Å². The number of rotatable bonds is 59. The molecule has 0 bridgehead atoms. The fourth-order valence-corrected chi connectivity index (χ4v) is 13.6. The van der Waals surface area contributed by atoms with Gasteiger partial charge in [0.15, 0.2) is 5.96 Å². The highest BCUT2D eigenvalue weighted by Gasteiger charge is 2.42. The molecular formula is C85H140N20O23S2. The lowest BCUT2D eigenvalue weighted by molar-refractivity contribution is -0.142. The van der Waals surface area contributed by atoms with Crippen molar-refractivity contribution >= 4 is 131 Å². The molecule has 2 rings (SSSR count). The van der Waals surface area contributed by atoms with Gasteiger partial charge < -0.3 is 133 Å². The molecule has 130 heavy (non-hydrogen) atoms. The van der Waals surface area contributed by atoms with Crippen molar-refractivity contribution in [2.75, 3.05) is 37.5 Å². The summed E-state index contributed by atoms with van der Waals surface area (Å²) in [6, 6.07) is -9.20. The molecule has 22 atom stereocenters. The van der Waals surface area contributed by atoms with Crippen molar-refractivity contribution in [3.63, 3.8) is 0 Å². The van der Waals surface area contributed by atoms with E-state index in [1.54, 1.807) is 116 Å². The van der Waals surface area contributed by atoms with Gasteiger partial charge in [-0.15, -0.1) is 0 Å². The number of guanidine groups is 1. The number of benzene rings is 2. The van der Waals surface area contributed by atoms with E-state index in [0.29, 0.717) is 23.3 Å². The number of hydrogen-bond donors (Lipinski definition) is 26. The van der Waals surface area contributed by atoms with Gasteiger partial charge in [0.1, 0.15) is 96.7 Å². The molecule has 2 aromatic rings. The van der Waals surface area contributed by atoms with Crippen LogP contribution >= 0.6 is 24.4 Å². The van der Waals surface area contributed by atoms with E-state index >= 15 is 0 Å². The van der Waals surface area contributed by atoms with Gasteiger partial charge in [-0.1, -0.05) is 143 Å². The molecule has 0 aliphatic heterocycles. The van der Waals surface area contributed by atoms with Gasteiger partial charge in [0.2, 0.25) is 94.5 Å². The number of hydrogen-bond acceptors (Lipinski definition) is 26. The van der Waals surface area contributed by atoms with Crippen molar-refractivity contribution < 1.29 is 112 Å². The largest absolute Gasteiger partial charge is 0.480 e. The van der Waals surface area contributed by atoms with Gasteiger partial charge in [-0.2, -0.15) is 24.4 Å². The van der Waals surface area contributed by atoms with Gasteiger partial charge in [-0.05, 0) is 119 Å². The van der Waals surface area contributed by atoms with Gasteiger partial charge in [0.05, 0.1) is 37.6 Å². The fraction of sp³-hybridized carbons (Fsp3) is 0.647. The number of nitrogens with two attached hydrogens (primary N) is 3. The Morgan fingerprint density at radius 3 is 1.03 bits per heavy atom. The van der Waals surface area contributed by atoms with E-state index < -0.39 is 252 Å². The molecule has 0 saturated carbocycles. The van der Waals surface area contributed by atoms with Crippen molar-refractivity contribution in [1.29, 1.82) is 0 Å². The zero-order valence-corrected chi connectivity index (χ0v) is 78.5. The first kappa shape index (κ1) is 115. The zero-order valence-electron chi connectivity index (χ0n) is 76.8. The van der Waals surface area contributed by atoms with Crippen LogP contribution in [-0.4, -0.2) is 296 Å². The standard InChI is InChI=1S/C85H140N20O23S2/c1-17-44(9)63(101-69(112)47(12)91-72(115)57(36-51-26-21-19-22-27-51)94-71(114)54(30-25-32-89-85(87)88)92-74(117)55(34-41(3)4)93-70(113)53(86)31-33-130-16)79(122)104-66(49(14)109)81(124)96-56(35-42(5)6)75(118)95-58(37-52-28-23-20-24-29-52)73(116)90-46(11)68(111)100-62(43(7)8)78(121)102-64(45(10)18-2)80(123)105-67(50(15)110)82(125)98-59(38-106)76(119)97-60(39-107)77(120)103-65(48(13)108)83(126)99-61(40-129)84(127)128/h19-24,26-29,41-50,53-67,106-110,129H,17-18,25,30-40,86H2,1-16H3,(H,90,116)(H,91,115)(H,92,117)(H,93,113)(H,94,114)(H,95,118)(H,96,124)(H,97,119)(H,98,125)(H,99,126)(H,100,111)(H,101,112)(H,102,121)(H,103,120)(H,104,122)(H,105,123)(H,127,128)(H4,87,88,89)/t44-,45-,46-,47-,48+,49+,50+,53-,54-,55-,56-,57-,58-,59-,60-,61-,62-,63-,64-,65-,66-,67-/m0/s1. The first-order valence-electron chi connectivity index (χ1n) is 43.3. The number of carbonyl (C=O) groups excluding carboxylic acids is 16. The molecule has 0 heterocycles. The second-order valence-electron chi connectivity index (χ2n) is 33.5. The normalized spacial score (nSPS) is 16.4. The molecule has 0 saturated heterocycles. The predicted molar refractivity (Wildman–Crippen MR) is 487 cm³/mol. The molecule has 0 radical (unpaired) electrons. The number of amides is 16. The molecule has 2 aromatic carbocycles. The maximum atomic E-state index is 14.7. The molecule has 0 aliphatic carbocycles. The summed E-state index contributed by atoms with van der Waals surface area (Å²) in [5.74, 6) is -19.9. The number of nitrogens with zero attached hydrogens (tertiary/aromatic N) is 1. The molecule has 730 valence electrons. The zero-order chi connectivity index (χ0) is 98.7. The molecule has 0 aliphatic rings. The maximum Gasteiger partial charge on any atom is 0.327 e. The molecule has 0 unspecified atom stereocenters. The Hall–Kier alpha value is -10.8. The van der Waals surface area contributed by atoms with Crippen LogP contribution in [0.15, 0.2) is 65.7 Å². The number of aliphatic hydroxyl groups excluding tert-OH is 5. The van der Waals surface area contributed by atoms with Gasteiger partial charge >= 0.3 is 5.97 Å². The molecule has 16 amide bonds. The summed E-state index contributed by atoms with van der Waals surface area (Å²) in [6.07, 6.45) is -2.57. The van der Waals surface area contributed by atoms with Crippen LogP contribution in [0, 0.1) is 29.6 Å². The van der Waals surface area contributed by atoms with Gasteiger partial charge in [0, 0.05) is 25.1 Å². The minimum Gasteiger partial charge on any atom is -0.480 e. The summed E-state index contributed by atoms with van der Waals surface area (Å²) in [5.41, 5.74) is 18.4. The van der Waals surface area contributed by atoms with E-state index in [0.717, 1.165) is 13.8 Å². The van der Waals surface area contributed by atoms with Gasteiger partial charge in [-0.3, -0.25) is 81.7 Å². The van der Waals surface area contributed by atoms with Gasteiger partial charge in [-0.25, -0.2) is 4.79 Å². The number of carboxylic acid groups (broad SMARTS) is 1. The minimum absolute atomic E-state index is 0.0480. The second kappa shape index (κ2) is 58.7. The number of carbonyl (C=O) groups is 17. The summed E-state index contributed by atoms with van der Waals surface area (Å²) in [4.78, 5) is 241. The smallest absolute Gasteiger partial charge is 0.327 e. The second-order valence-corrected chi connectivity index (χ2v) is 34.8. The van der Waals surface area contributed by atoms with Crippen molar-refractivity contribution in [3.05, 3.63) is 71.8 Å². The Labute approximate surface area is 768 Å². The quantitative estimate of drug-likeness (QED) is 0.0127. The van der Waals surface area contributed by atoms with E-state index in [1.165, 1.54) is 32.5 Å². The number of aliphatic imine (C=N–C) groups is 1. The first-order chi connectivity index (χ1) is 61.0. The lowest BCUT2D eigenvalue weighted by atomic mass is 9.95. The third-order valence-electron chi connectivity index (χ3n) is 21.0. The van der Waals surface area contributed by atoms with Crippen molar-refractivity contribution in [2.24, 2.45) is 51.8 Å². The molecule has 28 N–H and O–H groups in total. The van der Waals surface area contributed by atoms with Crippen molar-refractivity contribution in [1.82, 2.24) is 85.1 Å². The average molecular weight is 1870 g/mol. The first-order valence-corrected chi connectivity index (χ1v) is 45.4. The molecule has 0 fully saturated rings. The number of nitrogens with one attached hydrogen (secondary N) is 16. The van der Waals surface area contributed by atoms with Crippen LogP contribution < -0.4 is 102 Å². The Balaban J connectivity index is 2.43. The van der Waals surface area contributed by atoms with Gasteiger partial charge in [0.25, 0.3) is 0 Å². The molecule has 43 nitrogen and oxygen atoms in total. The minimum atomic E-state index is -1.96.